The Bertz CT molecular complexity index is 1230. The maximum Gasteiger partial charge on any atom is 0.255 e. The van der Waals surface area contributed by atoms with Crippen LogP contribution < -0.4 is 10.5 Å². The number of carbonyl (C=O) groups is 1. The van der Waals surface area contributed by atoms with Crippen LogP contribution in [0.5, 0.6) is 0 Å². The van der Waals surface area contributed by atoms with Gasteiger partial charge >= 0.3 is 0 Å². The molecule has 3 aromatic carbocycles. The highest BCUT2D eigenvalue weighted by atomic mass is 32.2. The number of anilines is 1. The third-order valence-electron chi connectivity index (χ3n) is 5.24. The summed E-state index contributed by atoms with van der Waals surface area (Å²) in [4.78, 5) is 12.7. The van der Waals surface area contributed by atoms with Crippen molar-refractivity contribution in [3.05, 3.63) is 82.4 Å². The summed E-state index contributed by atoms with van der Waals surface area (Å²) in [5.74, 6) is -0.372. The van der Waals surface area contributed by atoms with Crippen LogP contribution in [-0.2, 0) is 16.4 Å². The van der Waals surface area contributed by atoms with Gasteiger partial charge in [-0.15, -0.1) is 0 Å². The summed E-state index contributed by atoms with van der Waals surface area (Å²) in [7, 11) is -3.90. The van der Waals surface area contributed by atoms with Gasteiger partial charge < -0.3 is 5.32 Å². The topological polar surface area (TPSA) is 89.3 Å². The first-order chi connectivity index (χ1) is 13.2. The van der Waals surface area contributed by atoms with E-state index in [1.54, 1.807) is 19.9 Å². The minimum Gasteiger partial charge on any atom is -0.322 e. The van der Waals surface area contributed by atoms with Crippen molar-refractivity contribution < 1.29 is 13.2 Å². The van der Waals surface area contributed by atoms with Crippen molar-refractivity contribution in [2.24, 2.45) is 5.14 Å². The average molecular weight is 392 g/mol. The number of carbonyl (C=O) groups excluding carboxylic acids is 1. The molecule has 142 valence electrons. The molecule has 28 heavy (non-hydrogen) atoms. The van der Waals surface area contributed by atoms with Gasteiger partial charge in [-0.3, -0.25) is 4.79 Å². The van der Waals surface area contributed by atoms with Gasteiger partial charge in [0.15, 0.2) is 0 Å². The fourth-order valence-corrected chi connectivity index (χ4v) is 4.56. The van der Waals surface area contributed by atoms with Gasteiger partial charge in [0.05, 0.1) is 4.90 Å². The molecule has 0 saturated heterocycles. The summed E-state index contributed by atoms with van der Waals surface area (Å²) in [5.41, 5.74) is 7.01. The van der Waals surface area contributed by atoms with E-state index < -0.39 is 10.0 Å². The quantitative estimate of drug-likeness (QED) is 0.556. The second kappa shape index (κ2) is 6.58. The molecule has 1 aliphatic carbocycles. The van der Waals surface area contributed by atoms with E-state index in [4.69, 9.17) is 5.14 Å². The number of sulfonamides is 1. The van der Waals surface area contributed by atoms with Gasteiger partial charge in [0, 0.05) is 11.3 Å². The third-order valence-corrected chi connectivity index (χ3v) is 6.28. The average Bonchev–Trinajstić information content (AvgIpc) is 3.00. The summed E-state index contributed by atoms with van der Waals surface area (Å²) in [6.45, 7) is 3.43. The SMILES string of the molecule is Cc1cc(C(=O)Nc2ccc3c(c2)Cc2ccccc2-3)cc(S(N)(=O)=O)c1C. The van der Waals surface area contributed by atoms with Gasteiger partial charge in [-0.05, 0) is 77.9 Å². The van der Waals surface area contributed by atoms with Crippen molar-refractivity contribution in [1.29, 1.82) is 0 Å². The zero-order valence-electron chi connectivity index (χ0n) is 15.6. The van der Waals surface area contributed by atoms with Gasteiger partial charge in [-0.25, -0.2) is 13.6 Å². The summed E-state index contributed by atoms with van der Waals surface area (Å²) < 4.78 is 23.6. The molecule has 1 amide bonds. The molecule has 0 atom stereocenters. The summed E-state index contributed by atoms with van der Waals surface area (Å²) in [5, 5.41) is 8.16. The Balaban J connectivity index is 1.64. The lowest BCUT2D eigenvalue weighted by atomic mass is 10.0. The van der Waals surface area contributed by atoms with Crippen LogP contribution in [0.4, 0.5) is 5.69 Å². The van der Waals surface area contributed by atoms with Crippen molar-refractivity contribution in [1.82, 2.24) is 0 Å². The molecule has 1 aliphatic rings. The fourth-order valence-electron chi connectivity index (χ4n) is 3.68. The second-order valence-electron chi connectivity index (χ2n) is 7.12. The maximum absolute atomic E-state index is 12.7. The highest BCUT2D eigenvalue weighted by Gasteiger charge is 2.20. The Morgan fingerprint density at radius 3 is 2.43 bits per heavy atom. The predicted octanol–water partition coefficient (Wildman–Crippen LogP) is 3.77. The molecule has 0 spiro atoms. The molecule has 0 saturated carbocycles. The molecular formula is C22H20N2O3S. The number of aryl methyl sites for hydroxylation is 1. The summed E-state index contributed by atoms with van der Waals surface area (Å²) in [6, 6.07) is 17.1. The lowest BCUT2D eigenvalue weighted by molar-refractivity contribution is 0.102. The van der Waals surface area contributed by atoms with E-state index >= 15 is 0 Å². The van der Waals surface area contributed by atoms with Crippen molar-refractivity contribution in [3.8, 4) is 11.1 Å². The number of benzene rings is 3. The minimum absolute atomic E-state index is 0.0259. The van der Waals surface area contributed by atoms with Gasteiger partial charge in [-0.1, -0.05) is 30.3 Å². The number of hydrogen-bond donors (Lipinski definition) is 2. The van der Waals surface area contributed by atoms with Crippen molar-refractivity contribution in [2.45, 2.75) is 25.2 Å². The Morgan fingerprint density at radius 1 is 0.964 bits per heavy atom. The van der Waals surface area contributed by atoms with Crippen LogP contribution in [-0.4, -0.2) is 14.3 Å². The van der Waals surface area contributed by atoms with E-state index in [1.807, 2.05) is 30.3 Å². The number of nitrogens with one attached hydrogen (secondary N) is 1. The minimum atomic E-state index is -3.90. The van der Waals surface area contributed by atoms with Gasteiger partial charge in [0.2, 0.25) is 10.0 Å². The fraction of sp³-hybridized carbons (Fsp3) is 0.136. The number of primary sulfonamides is 1. The first kappa shape index (κ1) is 18.4. The van der Waals surface area contributed by atoms with Crippen LogP contribution in [0.3, 0.4) is 0 Å². The molecule has 0 fully saturated rings. The third kappa shape index (κ3) is 3.21. The monoisotopic (exact) mass is 392 g/mol. The molecule has 0 aromatic heterocycles. The number of hydrogen-bond acceptors (Lipinski definition) is 3. The van der Waals surface area contributed by atoms with E-state index in [-0.39, 0.29) is 16.4 Å². The van der Waals surface area contributed by atoms with Gasteiger partial charge in [0.25, 0.3) is 5.91 Å². The maximum atomic E-state index is 12.7. The van der Waals surface area contributed by atoms with E-state index in [0.29, 0.717) is 16.8 Å². The smallest absolute Gasteiger partial charge is 0.255 e. The highest BCUT2D eigenvalue weighted by Crippen LogP contribution is 2.37. The van der Waals surface area contributed by atoms with Crippen LogP contribution in [0.1, 0.15) is 32.6 Å². The number of amides is 1. The van der Waals surface area contributed by atoms with E-state index in [9.17, 15) is 13.2 Å². The van der Waals surface area contributed by atoms with Crippen LogP contribution >= 0.6 is 0 Å². The van der Waals surface area contributed by atoms with Crippen LogP contribution in [0, 0.1) is 13.8 Å². The molecule has 0 radical (unpaired) electrons. The Kier molecular flexibility index (Phi) is 4.33. The number of fused-ring (bicyclic) bond motifs is 3. The van der Waals surface area contributed by atoms with Crippen LogP contribution in [0.2, 0.25) is 0 Å². The van der Waals surface area contributed by atoms with E-state index in [1.165, 1.54) is 22.8 Å². The summed E-state index contributed by atoms with van der Waals surface area (Å²) >= 11 is 0. The standard InChI is InChI=1S/C22H20N2O3S/c1-13-9-17(12-21(14(13)2)28(23,26)27)22(25)24-18-7-8-20-16(11-18)10-15-5-3-4-6-19(15)20/h3-9,11-12H,10H2,1-2H3,(H,24,25)(H2,23,26,27). The van der Waals surface area contributed by atoms with Crippen molar-refractivity contribution >= 4 is 21.6 Å². The molecule has 0 unspecified atom stereocenters. The zero-order valence-corrected chi connectivity index (χ0v) is 16.4. The van der Waals surface area contributed by atoms with Crippen LogP contribution in [0.25, 0.3) is 11.1 Å². The molecule has 3 N–H and O–H groups in total. The van der Waals surface area contributed by atoms with E-state index in [2.05, 4.69) is 17.4 Å². The zero-order chi connectivity index (χ0) is 20.1. The molecule has 0 aliphatic heterocycles. The van der Waals surface area contributed by atoms with Gasteiger partial charge in [0.1, 0.15) is 0 Å². The first-order valence-electron chi connectivity index (χ1n) is 8.90. The van der Waals surface area contributed by atoms with Crippen molar-refractivity contribution in [2.75, 3.05) is 5.32 Å². The lowest BCUT2D eigenvalue weighted by Crippen LogP contribution is -2.18. The predicted molar refractivity (Wildman–Crippen MR) is 110 cm³/mol. The number of rotatable bonds is 3. The highest BCUT2D eigenvalue weighted by molar-refractivity contribution is 7.89. The molecule has 3 aromatic rings. The van der Waals surface area contributed by atoms with E-state index in [0.717, 1.165) is 12.0 Å². The molecule has 0 bridgehead atoms. The molecule has 4 rings (SSSR count). The van der Waals surface area contributed by atoms with Gasteiger partial charge in [-0.2, -0.15) is 0 Å². The summed E-state index contributed by atoms with van der Waals surface area (Å²) in [6.07, 6.45) is 0.828. The molecule has 0 heterocycles. The second-order valence-corrected chi connectivity index (χ2v) is 8.65. The Labute approximate surface area is 164 Å². The Morgan fingerprint density at radius 2 is 1.68 bits per heavy atom. The van der Waals surface area contributed by atoms with Crippen molar-refractivity contribution in [3.63, 3.8) is 0 Å². The largest absolute Gasteiger partial charge is 0.322 e. The first-order valence-corrected chi connectivity index (χ1v) is 10.5. The lowest BCUT2D eigenvalue weighted by Gasteiger charge is -2.12. The normalized spacial score (nSPS) is 12.4. The van der Waals surface area contributed by atoms with Crippen LogP contribution in [0.15, 0.2) is 59.5 Å². The molecular weight excluding hydrogens is 372 g/mol. The molecule has 5 nitrogen and oxygen atoms in total. The molecule has 6 heteroatoms. The number of nitrogens with two attached hydrogens (primary N) is 1. The Hall–Kier alpha value is -2.96.